The van der Waals surface area contributed by atoms with Crippen molar-refractivity contribution in [3.05, 3.63) is 0 Å². The molecule has 0 heterocycles. The summed E-state index contributed by atoms with van der Waals surface area (Å²) in [6.07, 6.45) is 1.05. The van der Waals surface area contributed by atoms with Crippen molar-refractivity contribution in [2.24, 2.45) is 0 Å². The normalized spacial score (nSPS) is 16.9. The molecule has 0 aromatic rings. The van der Waals surface area contributed by atoms with Crippen LogP contribution in [0.25, 0.3) is 0 Å². The van der Waals surface area contributed by atoms with Crippen LogP contribution >= 0.6 is 0 Å². The lowest BCUT2D eigenvalue weighted by Gasteiger charge is -2.28. The van der Waals surface area contributed by atoms with E-state index in [1.807, 2.05) is 6.92 Å². The van der Waals surface area contributed by atoms with Gasteiger partial charge in [0.05, 0.1) is 23.9 Å². The minimum absolute atomic E-state index is 0.00430. The minimum atomic E-state index is -3.42. The van der Waals surface area contributed by atoms with Gasteiger partial charge in [-0.3, -0.25) is 4.79 Å². The number of hydrogen-bond donors (Lipinski definition) is 3. The van der Waals surface area contributed by atoms with Crippen molar-refractivity contribution in [2.45, 2.75) is 52.1 Å². The molecular formula is C11H24N2O4S. The van der Waals surface area contributed by atoms with Gasteiger partial charge >= 0.3 is 0 Å². The summed E-state index contributed by atoms with van der Waals surface area (Å²) in [6, 6.07) is -0.848. The number of carbonyl (C=O) groups is 1. The van der Waals surface area contributed by atoms with E-state index in [-0.39, 0.29) is 12.4 Å². The van der Waals surface area contributed by atoms with Crippen LogP contribution in [-0.2, 0) is 14.8 Å². The summed E-state index contributed by atoms with van der Waals surface area (Å²) in [6.45, 7) is 6.59. The van der Waals surface area contributed by atoms with E-state index < -0.39 is 27.5 Å². The summed E-state index contributed by atoms with van der Waals surface area (Å²) in [4.78, 5) is 11.8. The fourth-order valence-electron chi connectivity index (χ4n) is 1.30. The molecule has 7 heteroatoms. The van der Waals surface area contributed by atoms with E-state index in [0.29, 0.717) is 12.8 Å². The smallest absolute Gasteiger partial charge is 0.238 e. The van der Waals surface area contributed by atoms with E-state index in [9.17, 15) is 18.3 Å². The van der Waals surface area contributed by atoms with Gasteiger partial charge in [-0.2, -0.15) is 0 Å². The molecule has 2 unspecified atom stereocenters. The van der Waals surface area contributed by atoms with Crippen LogP contribution in [0.1, 0.15) is 40.5 Å². The van der Waals surface area contributed by atoms with Crippen LogP contribution in [0, 0.1) is 0 Å². The molecule has 3 N–H and O–H groups in total. The van der Waals surface area contributed by atoms with Crippen LogP contribution in [0.3, 0.4) is 0 Å². The van der Waals surface area contributed by atoms with Gasteiger partial charge in [-0.25, -0.2) is 13.1 Å². The van der Waals surface area contributed by atoms with Gasteiger partial charge in [-0.15, -0.1) is 0 Å². The largest absolute Gasteiger partial charge is 0.394 e. The molecule has 6 nitrogen and oxygen atoms in total. The van der Waals surface area contributed by atoms with Crippen LogP contribution in [0.4, 0.5) is 0 Å². The molecule has 1 amide bonds. The predicted octanol–water partition coefficient (Wildman–Crippen LogP) is -0.0185. The fraction of sp³-hybridized carbons (Fsp3) is 0.909. The van der Waals surface area contributed by atoms with Crippen LogP contribution < -0.4 is 10.0 Å². The number of hydrogen-bond acceptors (Lipinski definition) is 4. The molecule has 0 bridgehead atoms. The van der Waals surface area contributed by atoms with E-state index in [2.05, 4.69) is 10.0 Å². The van der Waals surface area contributed by atoms with Crippen molar-refractivity contribution in [1.29, 1.82) is 0 Å². The summed E-state index contributed by atoms with van der Waals surface area (Å²) >= 11 is 0. The third-order valence-electron chi connectivity index (χ3n) is 2.78. The molecule has 0 aromatic heterocycles. The van der Waals surface area contributed by atoms with E-state index in [1.165, 1.54) is 6.92 Å². The highest BCUT2D eigenvalue weighted by Crippen LogP contribution is 2.08. The van der Waals surface area contributed by atoms with Gasteiger partial charge in [0.25, 0.3) is 0 Å². The molecule has 18 heavy (non-hydrogen) atoms. The first-order chi connectivity index (χ1) is 8.19. The Kier molecular flexibility index (Phi) is 6.80. The quantitative estimate of drug-likeness (QED) is 0.582. The average molecular weight is 280 g/mol. The average Bonchev–Trinajstić information content (AvgIpc) is 2.27. The first kappa shape index (κ1) is 17.3. The Morgan fingerprint density at radius 3 is 2.33 bits per heavy atom. The Labute approximate surface area is 109 Å². The Morgan fingerprint density at radius 1 is 1.39 bits per heavy atom. The van der Waals surface area contributed by atoms with E-state index in [1.54, 1.807) is 13.8 Å². The topological polar surface area (TPSA) is 95.5 Å². The Bertz CT molecular complexity index is 363. The first-order valence-electron chi connectivity index (χ1n) is 6.12. The second-order valence-electron chi connectivity index (χ2n) is 4.72. The van der Waals surface area contributed by atoms with Crippen LogP contribution in [0.5, 0.6) is 0 Å². The molecule has 108 valence electrons. The summed E-state index contributed by atoms with van der Waals surface area (Å²) in [5.41, 5.74) is -0.721. The molecule has 0 aromatic carbocycles. The van der Waals surface area contributed by atoms with Gasteiger partial charge in [0.2, 0.25) is 15.9 Å². The number of sulfonamides is 1. The van der Waals surface area contributed by atoms with Gasteiger partial charge in [-0.05, 0) is 26.7 Å². The van der Waals surface area contributed by atoms with Crippen LogP contribution in [-0.4, -0.2) is 43.4 Å². The summed E-state index contributed by atoms with van der Waals surface area (Å²) in [5.74, 6) is -0.441. The van der Waals surface area contributed by atoms with E-state index in [4.69, 9.17) is 0 Å². The van der Waals surface area contributed by atoms with E-state index >= 15 is 0 Å². The summed E-state index contributed by atoms with van der Waals surface area (Å²) in [7, 11) is -3.42. The molecule has 0 aliphatic heterocycles. The highest BCUT2D eigenvalue weighted by molar-refractivity contribution is 7.89. The first-order valence-corrected chi connectivity index (χ1v) is 7.77. The predicted molar refractivity (Wildman–Crippen MR) is 70.6 cm³/mol. The molecular weight excluding hydrogens is 256 g/mol. The standard InChI is InChI=1S/C11H24N2O4S/c1-5-7-18(16,17)13-9(3)10(15)12-11(4,6-2)8-14/h9,13-14H,5-8H2,1-4H3,(H,12,15). The van der Waals surface area contributed by atoms with E-state index in [0.717, 1.165) is 0 Å². The number of rotatable bonds is 8. The second kappa shape index (κ2) is 7.06. The third-order valence-corrected chi connectivity index (χ3v) is 4.44. The van der Waals surface area contributed by atoms with Crippen molar-refractivity contribution in [1.82, 2.24) is 10.0 Å². The zero-order valence-corrected chi connectivity index (χ0v) is 12.3. The maximum absolute atomic E-state index is 11.8. The number of aliphatic hydroxyl groups is 1. The van der Waals surface area contributed by atoms with Crippen LogP contribution in [0.15, 0.2) is 0 Å². The fourth-order valence-corrected chi connectivity index (χ4v) is 2.60. The Balaban J connectivity index is 4.53. The third kappa shape index (κ3) is 5.79. The molecule has 0 rings (SSSR count). The highest BCUT2D eigenvalue weighted by atomic mass is 32.2. The zero-order valence-electron chi connectivity index (χ0n) is 11.5. The Morgan fingerprint density at radius 2 is 1.94 bits per heavy atom. The molecule has 0 radical (unpaired) electrons. The monoisotopic (exact) mass is 280 g/mol. The molecule has 0 saturated carbocycles. The summed E-state index contributed by atoms with van der Waals surface area (Å²) in [5, 5.41) is 11.8. The maximum atomic E-state index is 11.8. The minimum Gasteiger partial charge on any atom is -0.394 e. The molecule has 0 spiro atoms. The van der Waals surface area contributed by atoms with Gasteiger partial charge < -0.3 is 10.4 Å². The molecule has 0 fully saturated rings. The van der Waals surface area contributed by atoms with Crippen molar-refractivity contribution in [2.75, 3.05) is 12.4 Å². The lowest BCUT2D eigenvalue weighted by molar-refractivity contribution is -0.124. The molecule has 2 atom stereocenters. The molecule has 0 aliphatic rings. The second-order valence-corrected chi connectivity index (χ2v) is 6.59. The van der Waals surface area contributed by atoms with Crippen molar-refractivity contribution >= 4 is 15.9 Å². The lowest BCUT2D eigenvalue weighted by atomic mass is 10.00. The SMILES string of the molecule is CCCS(=O)(=O)NC(C)C(=O)NC(C)(CC)CO. The van der Waals surface area contributed by atoms with Gasteiger partial charge in [0.1, 0.15) is 0 Å². The highest BCUT2D eigenvalue weighted by Gasteiger charge is 2.27. The molecule has 0 aliphatic carbocycles. The summed E-state index contributed by atoms with van der Waals surface area (Å²) < 4.78 is 25.3. The number of nitrogens with one attached hydrogen (secondary N) is 2. The number of carbonyl (C=O) groups excluding carboxylic acids is 1. The van der Waals surface area contributed by atoms with Crippen LogP contribution in [0.2, 0.25) is 0 Å². The van der Waals surface area contributed by atoms with Crippen molar-refractivity contribution in [3.63, 3.8) is 0 Å². The van der Waals surface area contributed by atoms with Crippen molar-refractivity contribution < 1.29 is 18.3 Å². The number of aliphatic hydroxyl groups excluding tert-OH is 1. The maximum Gasteiger partial charge on any atom is 0.238 e. The van der Waals surface area contributed by atoms with Gasteiger partial charge in [0, 0.05) is 0 Å². The van der Waals surface area contributed by atoms with Gasteiger partial charge in [0.15, 0.2) is 0 Å². The van der Waals surface area contributed by atoms with Gasteiger partial charge in [-0.1, -0.05) is 13.8 Å². The molecule has 0 saturated heterocycles. The lowest BCUT2D eigenvalue weighted by Crippen LogP contribution is -2.55. The number of amides is 1. The van der Waals surface area contributed by atoms with Crippen molar-refractivity contribution in [3.8, 4) is 0 Å². The zero-order chi connectivity index (χ0) is 14.4. The Hall–Kier alpha value is -0.660.